The van der Waals surface area contributed by atoms with Gasteiger partial charge in [0, 0.05) is 19.0 Å². The first-order chi connectivity index (χ1) is 7.61. The van der Waals surface area contributed by atoms with E-state index in [4.69, 9.17) is 5.73 Å². The first-order valence-electron chi connectivity index (χ1n) is 5.37. The molecular weight excluding hydrogens is 204 g/mol. The van der Waals surface area contributed by atoms with Crippen LogP contribution in [0.2, 0.25) is 0 Å². The molecule has 5 heteroatoms. The molecule has 16 heavy (non-hydrogen) atoms. The zero-order valence-corrected chi connectivity index (χ0v) is 9.66. The highest BCUT2D eigenvalue weighted by Gasteiger charge is 2.06. The normalized spacial score (nSPS) is 11.9. The number of hydrogen-bond donors (Lipinski definition) is 3. The summed E-state index contributed by atoms with van der Waals surface area (Å²) >= 11 is 0. The van der Waals surface area contributed by atoms with E-state index in [2.05, 4.69) is 15.6 Å². The van der Waals surface area contributed by atoms with E-state index in [1.54, 1.807) is 0 Å². The van der Waals surface area contributed by atoms with Crippen molar-refractivity contribution in [2.45, 2.75) is 26.3 Å². The van der Waals surface area contributed by atoms with Crippen LogP contribution in [0.4, 0.5) is 11.6 Å². The minimum atomic E-state index is -0.317. The summed E-state index contributed by atoms with van der Waals surface area (Å²) < 4.78 is 0. The summed E-state index contributed by atoms with van der Waals surface area (Å²) in [7, 11) is 0. The van der Waals surface area contributed by atoms with Crippen LogP contribution >= 0.6 is 0 Å². The molecule has 1 rings (SSSR count). The molecule has 1 atom stereocenters. The van der Waals surface area contributed by atoms with Gasteiger partial charge in [0.05, 0.1) is 0 Å². The molecule has 0 saturated heterocycles. The van der Waals surface area contributed by atoms with Crippen LogP contribution in [0.3, 0.4) is 0 Å². The van der Waals surface area contributed by atoms with Gasteiger partial charge in [-0.05, 0) is 26.0 Å². The van der Waals surface area contributed by atoms with Crippen LogP contribution in [0.15, 0.2) is 18.2 Å². The molecular formula is C11H18N4O. The second-order valence-corrected chi connectivity index (χ2v) is 3.65. The third kappa shape index (κ3) is 4.16. The lowest BCUT2D eigenvalue weighted by Crippen LogP contribution is -2.24. The Morgan fingerprint density at radius 2 is 2.19 bits per heavy atom. The molecule has 0 aliphatic carbocycles. The van der Waals surface area contributed by atoms with Gasteiger partial charge in [0.1, 0.15) is 11.6 Å². The first-order valence-corrected chi connectivity index (χ1v) is 5.37. The van der Waals surface area contributed by atoms with Gasteiger partial charge in [-0.15, -0.1) is 0 Å². The highest BCUT2D eigenvalue weighted by Crippen LogP contribution is 2.10. The van der Waals surface area contributed by atoms with Crippen molar-refractivity contribution in [2.75, 3.05) is 17.2 Å². The number of nitrogens with two attached hydrogens (primary N) is 1. The number of anilines is 2. The minimum Gasteiger partial charge on any atom is -0.370 e. The van der Waals surface area contributed by atoms with Gasteiger partial charge in [-0.25, -0.2) is 4.98 Å². The molecule has 1 unspecified atom stereocenters. The molecule has 0 aliphatic rings. The Hall–Kier alpha value is -1.78. The number of carbonyl (C=O) groups excluding carboxylic acids is 1. The summed E-state index contributed by atoms with van der Waals surface area (Å²) in [4.78, 5) is 15.1. The van der Waals surface area contributed by atoms with Crippen molar-refractivity contribution in [1.82, 2.24) is 4.98 Å². The molecule has 0 aromatic carbocycles. The average molecular weight is 222 g/mol. The largest absolute Gasteiger partial charge is 0.370 e. The number of nitrogens with zero attached hydrogens (tertiary/aromatic N) is 1. The van der Waals surface area contributed by atoms with Gasteiger partial charge in [0.25, 0.3) is 0 Å². The second-order valence-electron chi connectivity index (χ2n) is 3.65. The maximum atomic E-state index is 10.7. The number of carbonyl (C=O) groups is 1. The van der Waals surface area contributed by atoms with E-state index in [1.165, 1.54) is 0 Å². The van der Waals surface area contributed by atoms with E-state index < -0.39 is 0 Å². The molecule has 0 radical (unpaired) electrons. The standard InChI is InChI=1S/C11H18N4O/c1-3-13-10-5-4-6-11(15-10)14-8(2)7-9(12)16/h4-6,8H,3,7H2,1-2H3,(H2,12,16)(H2,13,14,15). The Kier molecular flexibility index (Phi) is 4.57. The Bertz CT molecular complexity index is 354. The third-order valence-corrected chi connectivity index (χ3v) is 2.01. The van der Waals surface area contributed by atoms with Gasteiger partial charge in [-0.2, -0.15) is 0 Å². The number of hydrogen-bond acceptors (Lipinski definition) is 4. The number of nitrogens with one attached hydrogen (secondary N) is 2. The van der Waals surface area contributed by atoms with Gasteiger partial charge in [-0.1, -0.05) is 6.07 Å². The summed E-state index contributed by atoms with van der Waals surface area (Å²) in [5, 5.41) is 6.24. The smallest absolute Gasteiger partial charge is 0.219 e. The second kappa shape index (κ2) is 5.95. The van der Waals surface area contributed by atoms with Crippen LogP contribution in [0.1, 0.15) is 20.3 Å². The molecule has 0 aliphatic heterocycles. The van der Waals surface area contributed by atoms with Crippen molar-refractivity contribution in [1.29, 1.82) is 0 Å². The quantitative estimate of drug-likeness (QED) is 0.675. The summed E-state index contributed by atoms with van der Waals surface area (Å²) in [5.41, 5.74) is 5.11. The lowest BCUT2D eigenvalue weighted by Gasteiger charge is -2.13. The highest BCUT2D eigenvalue weighted by atomic mass is 16.1. The summed E-state index contributed by atoms with van der Waals surface area (Å²) in [6.45, 7) is 4.73. The molecule has 1 aromatic heterocycles. The fraction of sp³-hybridized carbons (Fsp3) is 0.455. The minimum absolute atomic E-state index is 0.0122. The van der Waals surface area contributed by atoms with E-state index in [0.29, 0.717) is 6.42 Å². The highest BCUT2D eigenvalue weighted by molar-refractivity contribution is 5.74. The Labute approximate surface area is 95.4 Å². The van der Waals surface area contributed by atoms with Gasteiger partial charge >= 0.3 is 0 Å². The topological polar surface area (TPSA) is 80.0 Å². The molecule has 0 saturated carbocycles. The monoisotopic (exact) mass is 222 g/mol. The van der Waals surface area contributed by atoms with Crippen molar-refractivity contribution >= 4 is 17.5 Å². The third-order valence-electron chi connectivity index (χ3n) is 2.01. The zero-order valence-electron chi connectivity index (χ0n) is 9.66. The van der Waals surface area contributed by atoms with Gasteiger partial charge in [0.2, 0.25) is 5.91 Å². The van der Waals surface area contributed by atoms with Crippen molar-refractivity contribution in [3.8, 4) is 0 Å². The fourth-order valence-electron chi connectivity index (χ4n) is 1.40. The van der Waals surface area contributed by atoms with Crippen molar-refractivity contribution in [3.05, 3.63) is 18.2 Å². The first kappa shape index (κ1) is 12.3. The van der Waals surface area contributed by atoms with Crippen molar-refractivity contribution in [3.63, 3.8) is 0 Å². The fourth-order valence-corrected chi connectivity index (χ4v) is 1.40. The lowest BCUT2D eigenvalue weighted by atomic mass is 10.2. The van der Waals surface area contributed by atoms with Gasteiger partial charge in [-0.3, -0.25) is 4.79 Å². The van der Waals surface area contributed by atoms with E-state index >= 15 is 0 Å². The maximum absolute atomic E-state index is 10.7. The van der Waals surface area contributed by atoms with Crippen LogP contribution in [0.5, 0.6) is 0 Å². The number of aromatic nitrogens is 1. The van der Waals surface area contributed by atoms with Crippen LogP contribution in [0.25, 0.3) is 0 Å². The zero-order chi connectivity index (χ0) is 12.0. The van der Waals surface area contributed by atoms with Gasteiger partial charge < -0.3 is 16.4 Å². The van der Waals surface area contributed by atoms with Crippen molar-refractivity contribution < 1.29 is 4.79 Å². The average Bonchev–Trinajstić information content (AvgIpc) is 2.17. The van der Waals surface area contributed by atoms with E-state index in [-0.39, 0.29) is 11.9 Å². The molecule has 0 fully saturated rings. The SMILES string of the molecule is CCNc1cccc(NC(C)CC(N)=O)n1. The van der Waals surface area contributed by atoms with E-state index in [1.807, 2.05) is 32.0 Å². The Balaban J connectivity index is 2.59. The predicted octanol–water partition coefficient (Wildman–Crippen LogP) is 1.19. The predicted molar refractivity (Wildman–Crippen MR) is 65.3 cm³/mol. The van der Waals surface area contributed by atoms with Crippen LogP contribution in [0, 0.1) is 0 Å². The molecule has 4 N–H and O–H groups in total. The summed E-state index contributed by atoms with van der Waals surface area (Å²) in [6, 6.07) is 5.65. The van der Waals surface area contributed by atoms with Crippen LogP contribution < -0.4 is 16.4 Å². The molecule has 1 aromatic rings. The van der Waals surface area contributed by atoms with Crippen LogP contribution in [-0.2, 0) is 4.79 Å². The molecule has 1 amide bonds. The number of pyridine rings is 1. The van der Waals surface area contributed by atoms with Gasteiger partial charge in [0.15, 0.2) is 0 Å². The Morgan fingerprint density at radius 3 is 2.81 bits per heavy atom. The molecule has 0 spiro atoms. The number of primary amides is 1. The molecule has 5 nitrogen and oxygen atoms in total. The molecule has 0 bridgehead atoms. The molecule has 1 heterocycles. The summed E-state index contributed by atoms with van der Waals surface area (Å²) in [6.07, 6.45) is 0.299. The van der Waals surface area contributed by atoms with Crippen LogP contribution in [-0.4, -0.2) is 23.5 Å². The molecule has 88 valence electrons. The van der Waals surface area contributed by atoms with E-state index in [0.717, 1.165) is 18.2 Å². The maximum Gasteiger partial charge on any atom is 0.219 e. The lowest BCUT2D eigenvalue weighted by molar-refractivity contribution is -0.118. The van der Waals surface area contributed by atoms with Crippen molar-refractivity contribution in [2.24, 2.45) is 5.73 Å². The number of rotatable bonds is 6. The number of amides is 1. The summed E-state index contributed by atoms with van der Waals surface area (Å²) in [5.74, 6) is 1.24. The van der Waals surface area contributed by atoms with E-state index in [9.17, 15) is 4.79 Å². The Morgan fingerprint density at radius 1 is 1.50 bits per heavy atom.